The van der Waals surface area contributed by atoms with Crippen molar-refractivity contribution in [2.24, 2.45) is 0 Å². The van der Waals surface area contributed by atoms with Crippen molar-refractivity contribution in [3.05, 3.63) is 41.5 Å². The third-order valence-corrected chi connectivity index (χ3v) is 2.70. The van der Waals surface area contributed by atoms with Crippen LogP contribution in [-0.4, -0.2) is 35.1 Å². The number of aromatic nitrogens is 3. The summed E-state index contributed by atoms with van der Waals surface area (Å²) in [6.45, 7) is 2.31. The van der Waals surface area contributed by atoms with Gasteiger partial charge in [0.2, 0.25) is 11.7 Å². The Morgan fingerprint density at radius 1 is 1.29 bits per heavy atom. The molecule has 2 rings (SSSR count). The van der Waals surface area contributed by atoms with Crippen molar-refractivity contribution in [1.29, 1.82) is 0 Å². The molecular weight excluding hydrogens is 272 g/mol. The van der Waals surface area contributed by atoms with Crippen LogP contribution < -0.4 is 10.1 Å². The number of carbonyl (C=O) groups excluding carboxylic acids is 1. The molecule has 0 amide bonds. The van der Waals surface area contributed by atoms with E-state index in [-0.39, 0.29) is 5.82 Å². The molecule has 0 aliphatic carbocycles. The second kappa shape index (κ2) is 6.65. The number of carbonyl (C=O) groups is 1. The third-order valence-electron chi connectivity index (χ3n) is 2.70. The van der Waals surface area contributed by atoms with Crippen LogP contribution in [-0.2, 0) is 11.3 Å². The van der Waals surface area contributed by atoms with E-state index in [1.165, 1.54) is 7.11 Å². The van der Waals surface area contributed by atoms with Crippen LogP contribution in [0.2, 0.25) is 0 Å². The Morgan fingerprint density at radius 3 is 2.71 bits per heavy atom. The van der Waals surface area contributed by atoms with Gasteiger partial charge in [0.15, 0.2) is 0 Å². The van der Waals surface area contributed by atoms with Crippen LogP contribution in [0.1, 0.15) is 21.9 Å². The zero-order valence-electron chi connectivity index (χ0n) is 12.1. The molecule has 0 unspecified atom stereocenters. The summed E-state index contributed by atoms with van der Waals surface area (Å²) in [7, 11) is 2.86. The Balaban J connectivity index is 2.08. The van der Waals surface area contributed by atoms with Gasteiger partial charge in [0.05, 0.1) is 14.2 Å². The molecule has 7 heteroatoms. The van der Waals surface area contributed by atoms with Crippen molar-refractivity contribution in [3.8, 4) is 5.88 Å². The lowest BCUT2D eigenvalue weighted by atomic mass is 10.3. The molecule has 110 valence electrons. The first-order valence-corrected chi connectivity index (χ1v) is 6.29. The predicted molar refractivity (Wildman–Crippen MR) is 76.2 cm³/mol. The van der Waals surface area contributed by atoms with E-state index < -0.39 is 5.97 Å². The van der Waals surface area contributed by atoms with Crippen LogP contribution in [0.25, 0.3) is 0 Å². The van der Waals surface area contributed by atoms with Crippen LogP contribution in [0.5, 0.6) is 5.88 Å². The first-order chi connectivity index (χ1) is 10.1. The number of nitrogens with zero attached hydrogens (tertiary/aromatic N) is 3. The molecule has 2 aromatic heterocycles. The molecule has 2 heterocycles. The lowest BCUT2D eigenvalue weighted by Gasteiger charge is -2.08. The smallest absolute Gasteiger partial charge is 0.376 e. The Labute approximate surface area is 122 Å². The molecule has 0 saturated carbocycles. The zero-order valence-corrected chi connectivity index (χ0v) is 12.1. The SMILES string of the molecule is COC(=O)c1nc(C)cc(NCc2ccc(OC)nc2)n1. The van der Waals surface area contributed by atoms with Crippen LogP contribution >= 0.6 is 0 Å². The van der Waals surface area contributed by atoms with Gasteiger partial charge in [-0.15, -0.1) is 0 Å². The van der Waals surface area contributed by atoms with Gasteiger partial charge in [-0.1, -0.05) is 6.07 Å². The van der Waals surface area contributed by atoms with E-state index in [1.54, 1.807) is 32.4 Å². The minimum absolute atomic E-state index is 0.0351. The van der Waals surface area contributed by atoms with Crippen molar-refractivity contribution < 1.29 is 14.3 Å². The van der Waals surface area contributed by atoms with Gasteiger partial charge in [0, 0.05) is 30.6 Å². The highest BCUT2D eigenvalue weighted by Gasteiger charge is 2.11. The van der Waals surface area contributed by atoms with E-state index in [1.807, 2.05) is 6.07 Å². The van der Waals surface area contributed by atoms with E-state index in [0.717, 1.165) is 5.56 Å². The minimum atomic E-state index is -0.562. The maximum Gasteiger partial charge on any atom is 0.376 e. The summed E-state index contributed by atoms with van der Waals surface area (Å²) in [6.07, 6.45) is 1.71. The topological polar surface area (TPSA) is 86.2 Å². The van der Waals surface area contributed by atoms with Crippen LogP contribution in [0.3, 0.4) is 0 Å². The summed E-state index contributed by atoms with van der Waals surface area (Å²) < 4.78 is 9.62. The van der Waals surface area contributed by atoms with Crippen LogP contribution in [0.15, 0.2) is 24.4 Å². The average molecular weight is 288 g/mol. The molecule has 2 aromatic rings. The number of hydrogen-bond donors (Lipinski definition) is 1. The highest BCUT2D eigenvalue weighted by molar-refractivity contribution is 5.85. The van der Waals surface area contributed by atoms with E-state index in [0.29, 0.717) is 23.9 Å². The van der Waals surface area contributed by atoms with Crippen molar-refractivity contribution >= 4 is 11.8 Å². The molecular formula is C14H16N4O3. The third kappa shape index (κ3) is 3.88. The Morgan fingerprint density at radius 2 is 2.10 bits per heavy atom. The van der Waals surface area contributed by atoms with Gasteiger partial charge < -0.3 is 14.8 Å². The summed E-state index contributed by atoms with van der Waals surface area (Å²) in [6, 6.07) is 5.43. The molecule has 0 aromatic carbocycles. The Kier molecular flexibility index (Phi) is 4.65. The fraction of sp³-hybridized carbons (Fsp3) is 0.286. The van der Waals surface area contributed by atoms with Gasteiger partial charge in [0.1, 0.15) is 5.82 Å². The number of rotatable bonds is 5. The fourth-order valence-electron chi connectivity index (χ4n) is 1.67. The summed E-state index contributed by atoms with van der Waals surface area (Å²) in [5, 5.41) is 3.12. The molecule has 7 nitrogen and oxygen atoms in total. The zero-order chi connectivity index (χ0) is 15.2. The molecule has 0 bridgehead atoms. The normalized spacial score (nSPS) is 10.0. The lowest BCUT2D eigenvalue weighted by molar-refractivity contribution is 0.0586. The molecule has 0 radical (unpaired) electrons. The molecule has 0 spiro atoms. The molecule has 1 N–H and O–H groups in total. The molecule has 0 aliphatic heterocycles. The second-order valence-corrected chi connectivity index (χ2v) is 4.27. The van der Waals surface area contributed by atoms with E-state index in [4.69, 9.17) is 4.74 Å². The Bertz CT molecular complexity index is 629. The second-order valence-electron chi connectivity index (χ2n) is 4.27. The van der Waals surface area contributed by atoms with Crippen LogP contribution in [0, 0.1) is 6.92 Å². The number of ether oxygens (including phenoxy) is 2. The van der Waals surface area contributed by atoms with Gasteiger partial charge in [0.25, 0.3) is 0 Å². The standard InChI is InChI=1S/C14H16N4O3/c1-9-6-11(18-13(17-9)14(19)21-3)15-7-10-4-5-12(20-2)16-8-10/h4-6,8H,7H2,1-3H3,(H,15,17,18). The molecule has 0 atom stereocenters. The van der Waals surface area contributed by atoms with Gasteiger partial charge in [-0.2, -0.15) is 0 Å². The summed E-state index contributed by atoms with van der Waals surface area (Å²) >= 11 is 0. The van der Waals surface area contributed by atoms with Gasteiger partial charge in [-0.3, -0.25) is 0 Å². The predicted octanol–water partition coefficient (Wildman–Crippen LogP) is 1.59. The monoisotopic (exact) mass is 288 g/mol. The van der Waals surface area contributed by atoms with Gasteiger partial charge in [-0.05, 0) is 12.5 Å². The maximum atomic E-state index is 11.5. The van der Waals surface area contributed by atoms with Crippen molar-refractivity contribution in [2.75, 3.05) is 19.5 Å². The average Bonchev–Trinajstić information content (AvgIpc) is 2.52. The highest BCUT2D eigenvalue weighted by Crippen LogP contribution is 2.11. The maximum absolute atomic E-state index is 11.5. The number of hydrogen-bond acceptors (Lipinski definition) is 7. The number of methoxy groups -OCH3 is 2. The summed E-state index contributed by atoms with van der Waals surface area (Å²) in [5.41, 5.74) is 1.65. The number of nitrogens with one attached hydrogen (secondary N) is 1. The molecule has 0 saturated heterocycles. The highest BCUT2D eigenvalue weighted by atomic mass is 16.5. The van der Waals surface area contributed by atoms with Crippen molar-refractivity contribution in [2.45, 2.75) is 13.5 Å². The van der Waals surface area contributed by atoms with E-state index in [9.17, 15) is 4.79 Å². The fourth-order valence-corrected chi connectivity index (χ4v) is 1.67. The van der Waals surface area contributed by atoms with E-state index in [2.05, 4.69) is 25.0 Å². The van der Waals surface area contributed by atoms with Crippen LogP contribution in [0.4, 0.5) is 5.82 Å². The minimum Gasteiger partial charge on any atom is -0.481 e. The van der Waals surface area contributed by atoms with Gasteiger partial charge in [-0.25, -0.2) is 19.7 Å². The summed E-state index contributed by atoms with van der Waals surface area (Å²) in [4.78, 5) is 23.7. The largest absolute Gasteiger partial charge is 0.481 e. The molecule has 0 fully saturated rings. The van der Waals surface area contributed by atoms with Crippen molar-refractivity contribution in [1.82, 2.24) is 15.0 Å². The van der Waals surface area contributed by atoms with Crippen molar-refractivity contribution in [3.63, 3.8) is 0 Å². The number of esters is 1. The Hall–Kier alpha value is -2.70. The number of pyridine rings is 1. The first-order valence-electron chi connectivity index (χ1n) is 6.29. The number of aryl methyl sites for hydroxylation is 1. The first kappa shape index (κ1) is 14.7. The van der Waals surface area contributed by atoms with E-state index >= 15 is 0 Å². The number of anilines is 1. The quantitative estimate of drug-likeness (QED) is 0.836. The summed E-state index contributed by atoms with van der Waals surface area (Å²) in [5.74, 6) is 0.587. The lowest BCUT2D eigenvalue weighted by Crippen LogP contribution is -2.11. The molecule has 21 heavy (non-hydrogen) atoms. The van der Waals surface area contributed by atoms with Gasteiger partial charge >= 0.3 is 5.97 Å². The molecule has 0 aliphatic rings.